The first kappa shape index (κ1) is 24.7. The molecule has 3 heterocycles. The highest BCUT2D eigenvalue weighted by Gasteiger charge is 2.36. The first-order valence-corrected chi connectivity index (χ1v) is 12.5. The molecule has 172 valence electrons. The Kier molecular flexibility index (Phi) is 8.49. The van der Waals surface area contributed by atoms with Crippen molar-refractivity contribution in [3.8, 4) is 0 Å². The largest absolute Gasteiger partial charge is 0.481 e. The summed E-state index contributed by atoms with van der Waals surface area (Å²) in [5.41, 5.74) is 0.860. The minimum atomic E-state index is -3.03. The molecule has 1 aliphatic rings. The molecule has 2 aromatic rings. The van der Waals surface area contributed by atoms with Crippen LogP contribution < -0.4 is 4.90 Å². The van der Waals surface area contributed by atoms with Crippen molar-refractivity contribution in [3.63, 3.8) is 0 Å². The summed E-state index contributed by atoms with van der Waals surface area (Å²) in [7, 11) is -3.03. The predicted molar refractivity (Wildman–Crippen MR) is 118 cm³/mol. The van der Waals surface area contributed by atoms with Gasteiger partial charge in [0.2, 0.25) is 0 Å². The SMILES string of the molecule is CC.CC(C)C[C@H](C(=O)O)[C@H](Cc1ccc(N2CC(S(C)(=O)=O)C2)nc1)c1nn[nH]n1. The third kappa shape index (κ3) is 6.46. The lowest BCUT2D eigenvalue weighted by Crippen LogP contribution is -2.54. The maximum Gasteiger partial charge on any atom is 0.307 e. The molecule has 0 aliphatic carbocycles. The molecule has 0 spiro atoms. The molecule has 0 bridgehead atoms. The number of hydrogen-bond donors (Lipinski definition) is 2. The lowest BCUT2D eigenvalue weighted by molar-refractivity contribution is -0.143. The number of tetrazole rings is 1. The van der Waals surface area contributed by atoms with E-state index in [2.05, 4.69) is 25.6 Å². The van der Waals surface area contributed by atoms with E-state index in [1.807, 2.05) is 44.7 Å². The highest BCUT2D eigenvalue weighted by Crippen LogP contribution is 2.31. The van der Waals surface area contributed by atoms with Crippen LogP contribution in [0.1, 0.15) is 51.4 Å². The average Bonchev–Trinajstić information content (AvgIpc) is 3.19. The van der Waals surface area contributed by atoms with Crippen LogP contribution in [0.15, 0.2) is 18.3 Å². The van der Waals surface area contributed by atoms with Gasteiger partial charge in [0.1, 0.15) is 5.82 Å². The highest BCUT2D eigenvalue weighted by molar-refractivity contribution is 7.91. The molecule has 2 aromatic heterocycles. The summed E-state index contributed by atoms with van der Waals surface area (Å²) in [5.74, 6) is -0.661. The van der Waals surface area contributed by atoms with Crippen LogP contribution in [0, 0.1) is 11.8 Å². The molecule has 0 radical (unpaired) electrons. The van der Waals surface area contributed by atoms with E-state index in [9.17, 15) is 18.3 Å². The topological polar surface area (TPSA) is 142 Å². The second kappa shape index (κ2) is 10.7. The van der Waals surface area contributed by atoms with Gasteiger partial charge in [-0.3, -0.25) is 4.79 Å². The number of nitrogens with zero attached hydrogens (tertiary/aromatic N) is 5. The van der Waals surface area contributed by atoms with Gasteiger partial charge < -0.3 is 10.0 Å². The molecule has 0 unspecified atom stereocenters. The number of sulfone groups is 1. The minimum Gasteiger partial charge on any atom is -0.481 e. The quantitative estimate of drug-likeness (QED) is 0.583. The molecule has 1 aliphatic heterocycles. The van der Waals surface area contributed by atoms with Crippen molar-refractivity contribution in [2.24, 2.45) is 11.8 Å². The van der Waals surface area contributed by atoms with Crippen molar-refractivity contribution in [1.82, 2.24) is 25.6 Å². The molecule has 11 heteroatoms. The summed E-state index contributed by atoms with van der Waals surface area (Å²) in [6.45, 7) is 8.84. The number of carboxylic acid groups (broad SMARTS) is 1. The summed E-state index contributed by atoms with van der Waals surface area (Å²) in [4.78, 5) is 18.2. The standard InChI is InChI=1S/C18H26N6O4S.C2H6/c1-11(2)6-15(18(25)26)14(17-20-22-23-21-17)7-12-4-5-16(19-8-12)24-9-13(10-24)29(3,27)28;1-2/h4-5,8,11,13-15H,6-7,9-10H2,1-3H3,(H,25,26)(H,20,21,22,23);1-2H3/t14-,15-;/m0./s1. The minimum absolute atomic E-state index is 0.209. The Hall–Kier alpha value is -2.56. The number of hydrogen-bond acceptors (Lipinski definition) is 8. The van der Waals surface area contributed by atoms with Gasteiger partial charge in [-0.2, -0.15) is 5.21 Å². The van der Waals surface area contributed by atoms with E-state index in [0.29, 0.717) is 37.6 Å². The van der Waals surface area contributed by atoms with Crippen molar-refractivity contribution in [2.45, 2.75) is 51.7 Å². The van der Waals surface area contributed by atoms with Crippen LogP contribution in [0.3, 0.4) is 0 Å². The zero-order chi connectivity index (χ0) is 23.2. The summed E-state index contributed by atoms with van der Waals surface area (Å²) in [5, 5.41) is 23.5. The summed E-state index contributed by atoms with van der Waals surface area (Å²) in [6.07, 6.45) is 3.87. The molecule has 3 rings (SSSR count). The Morgan fingerprint density at radius 3 is 2.42 bits per heavy atom. The fraction of sp³-hybridized carbons (Fsp3) is 0.650. The highest BCUT2D eigenvalue weighted by atomic mass is 32.2. The smallest absolute Gasteiger partial charge is 0.307 e. The van der Waals surface area contributed by atoms with E-state index < -0.39 is 27.6 Å². The number of aromatic amines is 1. The van der Waals surface area contributed by atoms with Gasteiger partial charge in [0.15, 0.2) is 15.7 Å². The number of aromatic nitrogens is 5. The third-order valence-electron chi connectivity index (χ3n) is 5.26. The number of carbonyl (C=O) groups is 1. The Bertz CT molecular complexity index is 925. The van der Waals surface area contributed by atoms with Crippen molar-refractivity contribution >= 4 is 21.6 Å². The molecule has 2 atom stereocenters. The van der Waals surface area contributed by atoms with E-state index in [-0.39, 0.29) is 11.2 Å². The van der Waals surface area contributed by atoms with E-state index >= 15 is 0 Å². The second-order valence-electron chi connectivity index (χ2n) is 8.04. The van der Waals surface area contributed by atoms with E-state index in [4.69, 9.17) is 0 Å². The van der Waals surface area contributed by atoms with Gasteiger partial charge in [-0.15, -0.1) is 10.2 Å². The van der Waals surface area contributed by atoms with Crippen molar-refractivity contribution in [2.75, 3.05) is 24.2 Å². The summed E-state index contributed by atoms with van der Waals surface area (Å²) in [6, 6.07) is 3.72. The lowest BCUT2D eigenvalue weighted by Gasteiger charge is -2.38. The number of H-pyrrole nitrogens is 1. The second-order valence-corrected chi connectivity index (χ2v) is 10.4. The lowest BCUT2D eigenvalue weighted by atomic mass is 9.81. The van der Waals surface area contributed by atoms with Crippen molar-refractivity contribution in [1.29, 1.82) is 0 Å². The van der Waals surface area contributed by atoms with Crippen LogP contribution in [0.25, 0.3) is 0 Å². The van der Waals surface area contributed by atoms with Gasteiger partial charge in [-0.05, 0) is 30.4 Å². The average molecular weight is 453 g/mol. The van der Waals surface area contributed by atoms with Crippen LogP contribution in [0.5, 0.6) is 0 Å². The van der Waals surface area contributed by atoms with Gasteiger partial charge in [0, 0.05) is 31.5 Å². The first-order valence-electron chi connectivity index (χ1n) is 10.5. The molecule has 0 amide bonds. The Morgan fingerprint density at radius 2 is 1.97 bits per heavy atom. The zero-order valence-corrected chi connectivity index (χ0v) is 19.5. The molecule has 1 fully saturated rings. The molecule has 0 aromatic carbocycles. The van der Waals surface area contributed by atoms with E-state index in [0.717, 1.165) is 5.56 Å². The third-order valence-corrected chi connectivity index (χ3v) is 6.77. The van der Waals surface area contributed by atoms with Crippen LogP contribution in [-0.2, 0) is 21.1 Å². The van der Waals surface area contributed by atoms with Gasteiger partial charge in [0.05, 0.1) is 11.2 Å². The molecule has 1 saturated heterocycles. The maximum atomic E-state index is 11.9. The summed E-state index contributed by atoms with van der Waals surface area (Å²) >= 11 is 0. The number of rotatable bonds is 9. The number of anilines is 1. The van der Waals surface area contributed by atoms with Gasteiger partial charge in [0.25, 0.3) is 0 Å². The van der Waals surface area contributed by atoms with Crippen molar-refractivity contribution in [3.05, 3.63) is 29.7 Å². The van der Waals surface area contributed by atoms with Gasteiger partial charge in [-0.1, -0.05) is 39.0 Å². The normalized spacial score (nSPS) is 16.3. The predicted octanol–water partition coefficient (Wildman–Crippen LogP) is 1.93. The van der Waals surface area contributed by atoms with Crippen molar-refractivity contribution < 1.29 is 18.3 Å². The van der Waals surface area contributed by atoms with Crippen LogP contribution in [-0.4, -0.2) is 69.7 Å². The van der Waals surface area contributed by atoms with E-state index in [1.165, 1.54) is 6.26 Å². The number of nitrogens with one attached hydrogen (secondary N) is 1. The molecular formula is C20H32N6O4S. The molecule has 10 nitrogen and oxygen atoms in total. The zero-order valence-electron chi connectivity index (χ0n) is 18.7. The first-order chi connectivity index (χ1) is 14.6. The monoisotopic (exact) mass is 452 g/mol. The molecule has 31 heavy (non-hydrogen) atoms. The Labute approximate surface area is 183 Å². The van der Waals surface area contributed by atoms with Gasteiger partial charge >= 0.3 is 5.97 Å². The van der Waals surface area contributed by atoms with Crippen LogP contribution in [0.4, 0.5) is 5.82 Å². The Balaban J connectivity index is 0.00000166. The number of aliphatic carboxylic acids is 1. The summed E-state index contributed by atoms with van der Waals surface area (Å²) < 4.78 is 23.1. The molecule has 2 N–H and O–H groups in total. The number of pyridine rings is 1. The Morgan fingerprint density at radius 1 is 1.29 bits per heavy atom. The van der Waals surface area contributed by atoms with E-state index in [1.54, 1.807) is 6.20 Å². The van der Waals surface area contributed by atoms with Gasteiger partial charge in [-0.25, -0.2) is 13.4 Å². The molecule has 0 saturated carbocycles. The van der Waals surface area contributed by atoms with Crippen LogP contribution in [0.2, 0.25) is 0 Å². The number of carboxylic acids is 1. The molecular weight excluding hydrogens is 420 g/mol. The maximum absolute atomic E-state index is 11.9. The van der Waals surface area contributed by atoms with Crippen LogP contribution >= 0.6 is 0 Å². The fourth-order valence-electron chi connectivity index (χ4n) is 3.56. The fourth-order valence-corrected chi connectivity index (χ4v) is 4.46.